The number of rotatable bonds is 51. The van der Waals surface area contributed by atoms with E-state index in [1.165, 1.54) is 212 Å². The molecule has 0 heterocycles. The molecule has 0 radical (unpaired) electrons. The van der Waals surface area contributed by atoms with Gasteiger partial charge < -0.3 is 14.2 Å². The van der Waals surface area contributed by atoms with Gasteiger partial charge in [-0.1, -0.05) is 278 Å². The Bertz CT molecular complexity index is 933. The van der Waals surface area contributed by atoms with Crippen LogP contribution in [0.2, 0.25) is 0 Å². The van der Waals surface area contributed by atoms with Gasteiger partial charge in [-0.25, -0.2) is 0 Å². The van der Waals surface area contributed by atoms with E-state index in [0.29, 0.717) is 19.3 Å². The quantitative estimate of drug-likeness (QED) is 0.0344. The predicted molar refractivity (Wildman–Crippen MR) is 266 cm³/mol. The van der Waals surface area contributed by atoms with E-state index in [-0.39, 0.29) is 31.1 Å². The fourth-order valence-electron chi connectivity index (χ4n) is 8.57. The Kier molecular flexibility index (Phi) is 49.1. The Hall–Kier alpha value is -1.59. The lowest BCUT2D eigenvalue weighted by atomic mass is 10.0. The van der Waals surface area contributed by atoms with E-state index < -0.39 is 6.10 Å². The lowest BCUT2D eigenvalue weighted by molar-refractivity contribution is -0.167. The van der Waals surface area contributed by atoms with Gasteiger partial charge in [-0.3, -0.25) is 14.4 Å². The maximum Gasteiger partial charge on any atom is 0.306 e. The molecule has 0 aliphatic heterocycles. The van der Waals surface area contributed by atoms with Crippen LogP contribution in [0, 0.1) is 5.92 Å². The van der Waals surface area contributed by atoms with Crippen molar-refractivity contribution in [3.63, 3.8) is 0 Å². The van der Waals surface area contributed by atoms with E-state index in [1.54, 1.807) is 0 Å². The van der Waals surface area contributed by atoms with Crippen LogP contribution < -0.4 is 0 Å². The third kappa shape index (κ3) is 49.4. The summed E-state index contributed by atoms with van der Waals surface area (Å²) in [5, 5.41) is 0. The van der Waals surface area contributed by atoms with Crippen LogP contribution in [0.4, 0.5) is 0 Å². The van der Waals surface area contributed by atoms with Gasteiger partial charge in [0.25, 0.3) is 0 Å². The summed E-state index contributed by atoms with van der Waals surface area (Å²) < 4.78 is 16.9. The highest BCUT2D eigenvalue weighted by Gasteiger charge is 2.19. The maximum atomic E-state index is 12.8. The Morgan fingerprint density at radius 3 is 0.790 bits per heavy atom. The zero-order valence-corrected chi connectivity index (χ0v) is 42.3. The first-order valence-electron chi connectivity index (χ1n) is 27.9. The molecule has 0 N–H and O–H groups in total. The summed E-state index contributed by atoms with van der Waals surface area (Å²) in [5.74, 6) is 0.00219. The Balaban J connectivity index is 4.30. The molecule has 0 aliphatic rings. The normalized spacial score (nSPS) is 12.0. The van der Waals surface area contributed by atoms with Crippen LogP contribution in [-0.2, 0) is 28.6 Å². The third-order valence-corrected chi connectivity index (χ3v) is 12.8. The van der Waals surface area contributed by atoms with Crippen molar-refractivity contribution in [2.75, 3.05) is 13.2 Å². The molecule has 0 aromatic rings. The molecule has 0 saturated heterocycles. The zero-order chi connectivity index (χ0) is 45.2. The summed E-state index contributed by atoms with van der Waals surface area (Å²) in [5.41, 5.74) is 0. The minimum atomic E-state index is -0.761. The predicted octanol–water partition coefficient (Wildman–Crippen LogP) is 18.2. The number of unbranched alkanes of at least 4 members (excludes halogenated alkanes) is 38. The number of hydrogen-bond donors (Lipinski definition) is 0. The molecular formula is C56H108O6. The number of carbonyl (C=O) groups excluding carboxylic acids is 3. The van der Waals surface area contributed by atoms with Crippen LogP contribution in [0.5, 0.6) is 0 Å². The molecule has 0 fully saturated rings. The fourth-order valence-corrected chi connectivity index (χ4v) is 8.57. The lowest BCUT2D eigenvalue weighted by Crippen LogP contribution is -2.30. The standard InChI is InChI=1S/C56H108O6/c1-5-7-9-11-13-15-17-19-20-24-29-33-37-41-45-49-56(59)62-53(50-60-54(57)47-43-39-35-31-27-22-18-16-14-12-10-8-6-2)51-61-55(58)48-44-40-36-32-28-25-21-23-26-30-34-38-42-46-52(3)4/h52-53H,5-51H2,1-4H3/t53-/m1/s1. The lowest BCUT2D eigenvalue weighted by Gasteiger charge is -2.18. The van der Waals surface area contributed by atoms with Crippen LogP contribution in [0.25, 0.3) is 0 Å². The Labute approximate surface area is 387 Å². The molecule has 0 bridgehead atoms. The summed E-state index contributed by atoms with van der Waals surface area (Å²) >= 11 is 0. The first kappa shape index (κ1) is 60.4. The van der Waals surface area contributed by atoms with E-state index >= 15 is 0 Å². The Morgan fingerprint density at radius 2 is 0.532 bits per heavy atom. The minimum absolute atomic E-state index is 0.0621. The molecule has 0 unspecified atom stereocenters. The van der Waals surface area contributed by atoms with Crippen molar-refractivity contribution in [2.45, 2.75) is 323 Å². The molecule has 0 saturated carbocycles. The second-order valence-electron chi connectivity index (χ2n) is 19.7. The summed E-state index contributed by atoms with van der Waals surface area (Å²) in [6, 6.07) is 0. The van der Waals surface area contributed by atoms with Crippen LogP contribution in [0.15, 0.2) is 0 Å². The van der Waals surface area contributed by atoms with Gasteiger partial charge in [0.05, 0.1) is 0 Å². The molecular weight excluding hydrogens is 769 g/mol. The average Bonchev–Trinajstić information content (AvgIpc) is 3.26. The molecule has 0 aromatic carbocycles. The van der Waals surface area contributed by atoms with E-state index in [0.717, 1.165) is 63.7 Å². The van der Waals surface area contributed by atoms with Gasteiger partial charge in [-0.05, 0) is 25.2 Å². The molecule has 0 rings (SSSR count). The average molecular weight is 877 g/mol. The van der Waals surface area contributed by atoms with Crippen molar-refractivity contribution >= 4 is 17.9 Å². The van der Waals surface area contributed by atoms with Gasteiger partial charge in [0.15, 0.2) is 6.10 Å². The van der Waals surface area contributed by atoms with E-state index in [9.17, 15) is 14.4 Å². The van der Waals surface area contributed by atoms with Crippen LogP contribution in [0.3, 0.4) is 0 Å². The van der Waals surface area contributed by atoms with Crippen LogP contribution >= 0.6 is 0 Å². The summed E-state index contributed by atoms with van der Waals surface area (Å²) in [4.78, 5) is 38.1. The van der Waals surface area contributed by atoms with Crippen LogP contribution in [-0.4, -0.2) is 37.2 Å². The minimum Gasteiger partial charge on any atom is -0.462 e. The largest absolute Gasteiger partial charge is 0.462 e. The first-order chi connectivity index (χ1) is 30.4. The maximum absolute atomic E-state index is 12.8. The third-order valence-electron chi connectivity index (χ3n) is 12.8. The summed E-state index contributed by atoms with van der Waals surface area (Å²) in [6.45, 7) is 9.05. The molecule has 0 aliphatic carbocycles. The molecule has 0 aromatic heterocycles. The molecule has 6 heteroatoms. The van der Waals surface area contributed by atoms with Crippen molar-refractivity contribution in [3.8, 4) is 0 Å². The highest BCUT2D eigenvalue weighted by Crippen LogP contribution is 2.18. The zero-order valence-electron chi connectivity index (χ0n) is 42.3. The van der Waals surface area contributed by atoms with Crippen molar-refractivity contribution in [1.29, 1.82) is 0 Å². The molecule has 0 amide bonds. The smallest absolute Gasteiger partial charge is 0.306 e. The first-order valence-corrected chi connectivity index (χ1v) is 27.9. The van der Waals surface area contributed by atoms with Crippen molar-refractivity contribution in [2.24, 2.45) is 5.92 Å². The summed E-state index contributed by atoms with van der Waals surface area (Å²) in [6.07, 6.45) is 53.7. The van der Waals surface area contributed by atoms with Gasteiger partial charge in [0.2, 0.25) is 0 Å². The van der Waals surface area contributed by atoms with Gasteiger partial charge >= 0.3 is 17.9 Å². The van der Waals surface area contributed by atoms with E-state index in [1.807, 2.05) is 0 Å². The molecule has 62 heavy (non-hydrogen) atoms. The highest BCUT2D eigenvalue weighted by molar-refractivity contribution is 5.71. The van der Waals surface area contributed by atoms with E-state index in [2.05, 4.69) is 27.7 Å². The van der Waals surface area contributed by atoms with Gasteiger partial charge in [0.1, 0.15) is 13.2 Å². The topological polar surface area (TPSA) is 78.9 Å². The van der Waals surface area contributed by atoms with Crippen molar-refractivity contribution < 1.29 is 28.6 Å². The highest BCUT2D eigenvalue weighted by atomic mass is 16.6. The second kappa shape index (κ2) is 50.4. The number of esters is 3. The van der Waals surface area contributed by atoms with Crippen molar-refractivity contribution in [3.05, 3.63) is 0 Å². The molecule has 368 valence electrons. The summed E-state index contributed by atoms with van der Waals surface area (Å²) in [7, 11) is 0. The SMILES string of the molecule is CCCCCCCCCCCCCCCCCC(=O)O[C@H](COC(=O)CCCCCCCCCCCCCCC)COC(=O)CCCCCCCCCCCCCCCC(C)C. The molecule has 0 spiro atoms. The van der Waals surface area contributed by atoms with Crippen LogP contribution in [0.1, 0.15) is 317 Å². The van der Waals surface area contributed by atoms with Gasteiger partial charge in [-0.2, -0.15) is 0 Å². The number of hydrogen-bond acceptors (Lipinski definition) is 6. The molecule has 6 nitrogen and oxygen atoms in total. The van der Waals surface area contributed by atoms with E-state index in [4.69, 9.17) is 14.2 Å². The number of carbonyl (C=O) groups is 3. The van der Waals surface area contributed by atoms with Gasteiger partial charge in [0, 0.05) is 19.3 Å². The molecule has 1 atom stereocenters. The van der Waals surface area contributed by atoms with Crippen molar-refractivity contribution in [1.82, 2.24) is 0 Å². The van der Waals surface area contributed by atoms with Gasteiger partial charge in [-0.15, -0.1) is 0 Å². The fraction of sp³-hybridized carbons (Fsp3) is 0.946. The monoisotopic (exact) mass is 877 g/mol. The number of ether oxygens (including phenoxy) is 3. The second-order valence-corrected chi connectivity index (χ2v) is 19.7. The Morgan fingerprint density at radius 1 is 0.306 bits per heavy atom.